The van der Waals surface area contributed by atoms with Crippen LogP contribution in [0.5, 0.6) is 0 Å². The average Bonchev–Trinajstić information content (AvgIpc) is 2.14. The molecule has 0 aliphatic carbocycles. The molecule has 1 aromatic rings. The molecule has 0 saturated carbocycles. The summed E-state index contributed by atoms with van der Waals surface area (Å²) in [5, 5.41) is 8.63. The number of hydrogen-bond acceptors (Lipinski definition) is 2. The van der Waals surface area contributed by atoms with Crippen molar-refractivity contribution in [2.24, 2.45) is 5.73 Å². The molecule has 0 spiro atoms. The lowest BCUT2D eigenvalue weighted by molar-refractivity contribution is -0.210. The van der Waals surface area contributed by atoms with Gasteiger partial charge in [0.1, 0.15) is 5.82 Å². The molecule has 0 amide bonds. The second kappa shape index (κ2) is 4.57. The van der Waals surface area contributed by atoms with Crippen LogP contribution in [0.2, 0.25) is 5.02 Å². The maximum atomic E-state index is 13.2. The Morgan fingerprint density at radius 2 is 1.88 bits per heavy atom. The molecule has 0 aromatic heterocycles. The van der Waals surface area contributed by atoms with E-state index in [1.54, 1.807) is 0 Å². The number of hydrogen-bond donors (Lipinski definition) is 2. The van der Waals surface area contributed by atoms with Crippen LogP contribution in [0, 0.1) is 5.82 Å². The van der Waals surface area contributed by atoms with Crippen LogP contribution < -0.4 is 5.73 Å². The van der Waals surface area contributed by atoms with Crippen LogP contribution in [-0.4, -0.2) is 17.4 Å². The highest BCUT2D eigenvalue weighted by Gasteiger charge is 2.43. The van der Waals surface area contributed by atoms with E-state index in [0.29, 0.717) is 0 Å². The minimum Gasteiger partial charge on any atom is -0.382 e. The van der Waals surface area contributed by atoms with E-state index in [1.807, 2.05) is 0 Å². The number of benzene rings is 1. The van der Waals surface area contributed by atoms with Crippen molar-refractivity contribution < 1.29 is 22.7 Å². The van der Waals surface area contributed by atoms with Crippen LogP contribution in [0.3, 0.4) is 0 Å². The predicted octanol–water partition coefficient (Wildman–Crippen LogP) is 2.40. The fourth-order valence-corrected chi connectivity index (χ4v) is 1.48. The van der Waals surface area contributed by atoms with Crippen molar-refractivity contribution in [2.45, 2.75) is 18.3 Å². The summed E-state index contributed by atoms with van der Waals surface area (Å²) >= 11 is 5.52. The smallest absolute Gasteiger partial charge is 0.382 e. The van der Waals surface area contributed by atoms with E-state index >= 15 is 0 Å². The van der Waals surface area contributed by atoms with Gasteiger partial charge in [0, 0.05) is 10.6 Å². The normalized spacial score (nSPS) is 15.9. The van der Waals surface area contributed by atoms with Crippen molar-refractivity contribution in [3.63, 3.8) is 0 Å². The van der Waals surface area contributed by atoms with Gasteiger partial charge >= 0.3 is 6.18 Å². The Kier molecular flexibility index (Phi) is 3.77. The van der Waals surface area contributed by atoms with Gasteiger partial charge < -0.3 is 10.8 Å². The van der Waals surface area contributed by atoms with Gasteiger partial charge in [-0.25, -0.2) is 4.39 Å². The number of aliphatic hydroxyl groups is 1. The maximum Gasteiger partial charge on any atom is 0.416 e. The summed E-state index contributed by atoms with van der Waals surface area (Å²) in [6.45, 7) is 0. The highest BCUT2D eigenvalue weighted by Crippen LogP contribution is 2.33. The molecule has 0 saturated heterocycles. The van der Waals surface area contributed by atoms with E-state index in [9.17, 15) is 17.6 Å². The third-order valence-electron chi connectivity index (χ3n) is 2.01. The third-order valence-corrected chi connectivity index (χ3v) is 2.34. The number of nitrogens with two attached hydrogens (primary N) is 1. The lowest BCUT2D eigenvalue weighted by atomic mass is 10.0. The Bertz CT molecular complexity index is 362. The lowest BCUT2D eigenvalue weighted by Gasteiger charge is -2.22. The lowest BCUT2D eigenvalue weighted by Crippen LogP contribution is -2.39. The molecule has 0 heterocycles. The van der Waals surface area contributed by atoms with Gasteiger partial charge in [0.05, 0.1) is 6.04 Å². The Labute approximate surface area is 93.6 Å². The summed E-state index contributed by atoms with van der Waals surface area (Å²) in [6, 6.07) is 1.40. The summed E-state index contributed by atoms with van der Waals surface area (Å²) in [5.41, 5.74) is 4.58. The predicted molar refractivity (Wildman–Crippen MR) is 50.4 cm³/mol. The van der Waals surface area contributed by atoms with E-state index in [0.717, 1.165) is 6.07 Å². The first-order valence-corrected chi connectivity index (χ1v) is 4.57. The summed E-state index contributed by atoms with van der Waals surface area (Å²) < 4.78 is 49.7. The maximum absolute atomic E-state index is 13.2. The molecule has 0 fully saturated rings. The number of aliphatic hydroxyl groups excluding tert-OH is 1. The zero-order valence-electron chi connectivity index (χ0n) is 7.80. The van der Waals surface area contributed by atoms with Gasteiger partial charge in [-0.1, -0.05) is 17.7 Å². The summed E-state index contributed by atoms with van der Waals surface area (Å²) in [5.74, 6) is -0.983. The molecule has 0 aliphatic rings. The van der Waals surface area contributed by atoms with Crippen molar-refractivity contribution in [3.05, 3.63) is 34.6 Å². The highest BCUT2D eigenvalue weighted by atomic mass is 35.5. The molecule has 1 aromatic carbocycles. The topological polar surface area (TPSA) is 46.2 Å². The molecular weight excluding hydrogens is 250 g/mol. The van der Waals surface area contributed by atoms with E-state index < -0.39 is 29.7 Å². The Balaban J connectivity index is 3.10. The van der Waals surface area contributed by atoms with E-state index in [1.165, 1.54) is 12.1 Å². The summed E-state index contributed by atoms with van der Waals surface area (Å²) in [7, 11) is 0. The van der Waals surface area contributed by atoms with Crippen LogP contribution in [0.4, 0.5) is 17.6 Å². The molecule has 0 aliphatic heterocycles. The molecule has 2 atom stereocenters. The Morgan fingerprint density at radius 1 is 1.31 bits per heavy atom. The molecule has 90 valence electrons. The van der Waals surface area contributed by atoms with Crippen LogP contribution in [0.25, 0.3) is 0 Å². The SMILES string of the molecule is N[C@@H](c1c(F)cccc1Cl)[C@H](O)C(F)(F)F. The monoisotopic (exact) mass is 257 g/mol. The number of halogens is 5. The molecule has 16 heavy (non-hydrogen) atoms. The summed E-state index contributed by atoms with van der Waals surface area (Å²) in [6.07, 6.45) is -7.78. The van der Waals surface area contributed by atoms with Crippen molar-refractivity contribution >= 4 is 11.6 Å². The van der Waals surface area contributed by atoms with Crippen LogP contribution >= 0.6 is 11.6 Å². The molecule has 0 bridgehead atoms. The first-order chi connectivity index (χ1) is 7.25. The van der Waals surface area contributed by atoms with E-state index in [-0.39, 0.29) is 5.02 Å². The fraction of sp³-hybridized carbons (Fsp3) is 0.333. The largest absolute Gasteiger partial charge is 0.416 e. The summed E-state index contributed by atoms with van der Waals surface area (Å²) in [4.78, 5) is 0. The van der Waals surface area contributed by atoms with Gasteiger partial charge in [0.15, 0.2) is 6.10 Å². The van der Waals surface area contributed by atoms with Crippen molar-refractivity contribution in [3.8, 4) is 0 Å². The van der Waals surface area contributed by atoms with Crippen molar-refractivity contribution in [1.82, 2.24) is 0 Å². The van der Waals surface area contributed by atoms with Crippen LogP contribution in [0.1, 0.15) is 11.6 Å². The number of rotatable bonds is 2. The van der Waals surface area contributed by atoms with Crippen LogP contribution in [0.15, 0.2) is 18.2 Å². The zero-order valence-corrected chi connectivity index (χ0v) is 8.56. The molecule has 1 rings (SSSR count). The Hall–Kier alpha value is -0.850. The average molecular weight is 258 g/mol. The van der Waals surface area contributed by atoms with Gasteiger partial charge in [-0.3, -0.25) is 0 Å². The molecule has 3 N–H and O–H groups in total. The molecular formula is C9H8ClF4NO. The van der Waals surface area contributed by atoms with Gasteiger partial charge in [0.25, 0.3) is 0 Å². The van der Waals surface area contributed by atoms with Gasteiger partial charge in [-0.15, -0.1) is 0 Å². The van der Waals surface area contributed by atoms with Crippen molar-refractivity contribution in [2.75, 3.05) is 0 Å². The molecule has 0 radical (unpaired) electrons. The van der Waals surface area contributed by atoms with Gasteiger partial charge in [-0.2, -0.15) is 13.2 Å². The van der Waals surface area contributed by atoms with Crippen molar-refractivity contribution in [1.29, 1.82) is 0 Å². The first kappa shape index (κ1) is 13.2. The molecule has 7 heteroatoms. The third kappa shape index (κ3) is 2.63. The molecule has 0 unspecified atom stereocenters. The Morgan fingerprint density at radius 3 is 2.31 bits per heavy atom. The van der Waals surface area contributed by atoms with Gasteiger partial charge in [0.2, 0.25) is 0 Å². The van der Waals surface area contributed by atoms with E-state index in [4.69, 9.17) is 22.4 Å². The van der Waals surface area contributed by atoms with E-state index in [2.05, 4.69) is 0 Å². The highest BCUT2D eigenvalue weighted by molar-refractivity contribution is 6.31. The van der Waals surface area contributed by atoms with Gasteiger partial charge in [-0.05, 0) is 12.1 Å². The number of alkyl halides is 3. The first-order valence-electron chi connectivity index (χ1n) is 4.19. The zero-order chi connectivity index (χ0) is 12.5. The minimum atomic E-state index is -4.93. The fourth-order valence-electron chi connectivity index (χ4n) is 1.19. The second-order valence-corrected chi connectivity index (χ2v) is 3.55. The quantitative estimate of drug-likeness (QED) is 0.799. The minimum absolute atomic E-state index is 0.254. The van der Waals surface area contributed by atoms with Crippen LogP contribution in [-0.2, 0) is 0 Å². The standard InChI is InChI=1S/C9H8ClF4NO/c10-4-2-1-3-5(11)6(4)7(15)8(16)9(12,13)14/h1-3,7-8,16H,15H2/t7-,8-/m0/s1. The second-order valence-electron chi connectivity index (χ2n) is 3.15. The molecule has 2 nitrogen and oxygen atoms in total.